The van der Waals surface area contributed by atoms with E-state index in [0.717, 1.165) is 45.7 Å². The fraction of sp³-hybridized carbons (Fsp3) is 1.00. The third-order valence-corrected chi connectivity index (χ3v) is 3.40. The van der Waals surface area contributed by atoms with Gasteiger partial charge in [0.1, 0.15) is 0 Å². The molecule has 0 aliphatic heterocycles. The predicted molar refractivity (Wildman–Crippen MR) is 83.2 cm³/mol. The summed E-state index contributed by atoms with van der Waals surface area (Å²) in [6, 6.07) is 0.369. The van der Waals surface area contributed by atoms with Crippen molar-refractivity contribution in [1.29, 1.82) is 0 Å². The summed E-state index contributed by atoms with van der Waals surface area (Å²) < 4.78 is 10.3. The third kappa shape index (κ3) is 9.66. The number of ether oxygens (including phenoxy) is 2. The molecule has 1 unspecified atom stereocenters. The first-order valence-corrected chi connectivity index (χ1v) is 7.56. The molecule has 0 saturated carbocycles. The van der Waals surface area contributed by atoms with E-state index in [1.54, 1.807) is 14.2 Å². The molecule has 1 atom stereocenters. The first kappa shape index (κ1) is 19.8. The van der Waals surface area contributed by atoms with E-state index in [1.807, 2.05) is 0 Å². The van der Waals surface area contributed by atoms with Gasteiger partial charge in [-0.3, -0.25) is 0 Å². The van der Waals surface area contributed by atoms with Crippen molar-refractivity contribution in [1.82, 2.24) is 10.2 Å². The number of aliphatic hydroxyl groups is 1. The molecule has 122 valence electrons. The largest absolute Gasteiger partial charge is 0.394 e. The molecule has 0 rings (SSSR count). The smallest absolute Gasteiger partial charge is 0.0611 e. The maximum Gasteiger partial charge on any atom is 0.0611 e. The van der Waals surface area contributed by atoms with Crippen LogP contribution in [0.3, 0.4) is 0 Å². The number of nitrogens with one attached hydrogen (secondary N) is 1. The lowest BCUT2D eigenvalue weighted by Gasteiger charge is -2.33. The molecule has 0 aromatic heterocycles. The van der Waals surface area contributed by atoms with Gasteiger partial charge in [0.05, 0.1) is 13.2 Å². The zero-order valence-corrected chi connectivity index (χ0v) is 13.9. The monoisotopic (exact) mass is 290 g/mol. The molecule has 5 heteroatoms. The van der Waals surface area contributed by atoms with Crippen LogP contribution < -0.4 is 5.32 Å². The second-order valence-electron chi connectivity index (χ2n) is 5.95. The maximum atomic E-state index is 9.61. The standard InChI is InChI=1S/C15H34N2O3/c1-14(2)16-15(3,13-18)7-9-17(10-12-20-5)8-6-11-19-4/h14,16,18H,6-13H2,1-5H3. The predicted octanol–water partition coefficient (Wildman–Crippen LogP) is 1.11. The van der Waals surface area contributed by atoms with Crippen LogP contribution in [0.5, 0.6) is 0 Å². The van der Waals surface area contributed by atoms with Crippen LogP contribution in [-0.4, -0.2) is 75.3 Å². The fourth-order valence-corrected chi connectivity index (χ4v) is 2.29. The van der Waals surface area contributed by atoms with Crippen molar-refractivity contribution < 1.29 is 14.6 Å². The van der Waals surface area contributed by atoms with Gasteiger partial charge in [-0.25, -0.2) is 0 Å². The van der Waals surface area contributed by atoms with E-state index in [0.29, 0.717) is 6.04 Å². The zero-order valence-electron chi connectivity index (χ0n) is 13.9. The van der Waals surface area contributed by atoms with Gasteiger partial charge in [0.25, 0.3) is 0 Å². The van der Waals surface area contributed by atoms with Crippen LogP contribution in [0.25, 0.3) is 0 Å². The van der Waals surface area contributed by atoms with E-state index in [9.17, 15) is 5.11 Å². The Bertz CT molecular complexity index is 227. The Morgan fingerprint density at radius 3 is 2.25 bits per heavy atom. The van der Waals surface area contributed by atoms with Gasteiger partial charge in [0.2, 0.25) is 0 Å². The molecule has 0 bridgehead atoms. The molecule has 0 heterocycles. The molecule has 2 N–H and O–H groups in total. The van der Waals surface area contributed by atoms with Gasteiger partial charge in [-0.1, -0.05) is 13.8 Å². The van der Waals surface area contributed by atoms with E-state index in [2.05, 4.69) is 31.0 Å². The number of nitrogens with zero attached hydrogens (tertiary/aromatic N) is 1. The minimum atomic E-state index is -0.221. The number of aliphatic hydroxyl groups excluding tert-OH is 1. The molecule has 0 aromatic rings. The van der Waals surface area contributed by atoms with E-state index < -0.39 is 0 Å². The van der Waals surface area contributed by atoms with E-state index >= 15 is 0 Å². The lowest BCUT2D eigenvalue weighted by atomic mass is 9.97. The number of hydrogen-bond acceptors (Lipinski definition) is 5. The molecule has 0 radical (unpaired) electrons. The van der Waals surface area contributed by atoms with Gasteiger partial charge < -0.3 is 24.8 Å². The molecule has 5 nitrogen and oxygen atoms in total. The number of hydrogen-bond donors (Lipinski definition) is 2. The van der Waals surface area contributed by atoms with Crippen molar-refractivity contribution in [2.45, 2.75) is 45.2 Å². The van der Waals surface area contributed by atoms with Crippen LogP contribution in [-0.2, 0) is 9.47 Å². The summed E-state index contributed by atoms with van der Waals surface area (Å²) in [5, 5.41) is 13.1. The molecule has 0 saturated heterocycles. The average Bonchev–Trinajstić information content (AvgIpc) is 2.40. The SMILES string of the molecule is COCCCN(CCOC)CCC(C)(CO)NC(C)C. The van der Waals surface area contributed by atoms with Crippen molar-refractivity contribution in [2.75, 3.05) is 53.7 Å². The number of rotatable bonds is 13. The van der Waals surface area contributed by atoms with Crippen LogP contribution >= 0.6 is 0 Å². The third-order valence-electron chi connectivity index (χ3n) is 3.40. The van der Waals surface area contributed by atoms with Gasteiger partial charge in [-0.2, -0.15) is 0 Å². The summed E-state index contributed by atoms with van der Waals surface area (Å²) in [5.74, 6) is 0. The van der Waals surface area contributed by atoms with Crippen LogP contribution in [0.1, 0.15) is 33.6 Å². The molecule has 0 aliphatic rings. The van der Waals surface area contributed by atoms with Crippen molar-refractivity contribution in [3.8, 4) is 0 Å². The van der Waals surface area contributed by atoms with Gasteiger partial charge in [0.15, 0.2) is 0 Å². The van der Waals surface area contributed by atoms with Crippen LogP contribution in [0, 0.1) is 0 Å². The normalized spacial score (nSPS) is 15.0. The Hall–Kier alpha value is -0.200. The highest BCUT2D eigenvalue weighted by Crippen LogP contribution is 2.11. The Morgan fingerprint density at radius 1 is 1.10 bits per heavy atom. The molecular formula is C15H34N2O3. The number of methoxy groups -OCH3 is 2. The van der Waals surface area contributed by atoms with Crippen molar-refractivity contribution in [3.63, 3.8) is 0 Å². The van der Waals surface area contributed by atoms with Crippen LogP contribution in [0.2, 0.25) is 0 Å². The molecule has 0 amide bonds. The van der Waals surface area contributed by atoms with Gasteiger partial charge in [0, 0.05) is 52.0 Å². The molecule has 0 fully saturated rings. The zero-order chi connectivity index (χ0) is 15.4. The summed E-state index contributed by atoms with van der Waals surface area (Å²) in [6.07, 6.45) is 1.94. The van der Waals surface area contributed by atoms with Crippen LogP contribution in [0.4, 0.5) is 0 Å². The Labute approximate surface area is 124 Å². The van der Waals surface area contributed by atoms with Crippen molar-refractivity contribution >= 4 is 0 Å². The highest BCUT2D eigenvalue weighted by atomic mass is 16.5. The summed E-state index contributed by atoms with van der Waals surface area (Å²) in [6.45, 7) is 10.8. The lowest BCUT2D eigenvalue weighted by molar-refractivity contribution is 0.109. The highest BCUT2D eigenvalue weighted by Gasteiger charge is 2.24. The van der Waals surface area contributed by atoms with Gasteiger partial charge in [-0.15, -0.1) is 0 Å². The van der Waals surface area contributed by atoms with E-state index in [4.69, 9.17) is 9.47 Å². The first-order valence-electron chi connectivity index (χ1n) is 7.56. The Morgan fingerprint density at radius 2 is 1.75 bits per heavy atom. The molecular weight excluding hydrogens is 256 g/mol. The maximum absolute atomic E-state index is 9.61. The summed E-state index contributed by atoms with van der Waals surface area (Å²) in [7, 11) is 3.46. The summed E-state index contributed by atoms with van der Waals surface area (Å²) >= 11 is 0. The molecule has 20 heavy (non-hydrogen) atoms. The molecule has 0 aromatic carbocycles. The fourth-order valence-electron chi connectivity index (χ4n) is 2.29. The average molecular weight is 290 g/mol. The first-order chi connectivity index (χ1) is 9.47. The summed E-state index contributed by atoms with van der Waals surface area (Å²) in [4.78, 5) is 2.37. The minimum absolute atomic E-state index is 0.154. The molecule has 0 aliphatic carbocycles. The minimum Gasteiger partial charge on any atom is -0.394 e. The van der Waals surface area contributed by atoms with Crippen LogP contribution in [0.15, 0.2) is 0 Å². The quantitative estimate of drug-likeness (QED) is 0.498. The Balaban J connectivity index is 4.24. The second-order valence-corrected chi connectivity index (χ2v) is 5.95. The Kier molecular flexibility index (Phi) is 11.3. The molecule has 0 spiro atoms. The highest BCUT2D eigenvalue weighted by molar-refractivity contribution is 4.85. The van der Waals surface area contributed by atoms with Gasteiger partial charge in [-0.05, 0) is 19.8 Å². The van der Waals surface area contributed by atoms with E-state index in [-0.39, 0.29) is 12.1 Å². The topological polar surface area (TPSA) is 54.0 Å². The second kappa shape index (κ2) is 11.5. The summed E-state index contributed by atoms with van der Waals surface area (Å²) in [5.41, 5.74) is -0.221. The lowest BCUT2D eigenvalue weighted by Crippen LogP contribution is -2.51. The van der Waals surface area contributed by atoms with E-state index in [1.165, 1.54) is 0 Å². The van der Waals surface area contributed by atoms with Crippen molar-refractivity contribution in [2.24, 2.45) is 0 Å². The van der Waals surface area contributed by atoms with Crippen molar-refractivity contribution in [3.05, 3.63) is 0 Å². The van der Waals surface area contributed by atoms with Gasteiger partial charge >= 0.3 is 0 Å².